The van der Waals surface area contributed by atoms with E-state index in [4.69, 9.17) is 4.74 Å². The summed E-state index contributed by atoms with van der Waals surface area (Å²) in [4.78, 5) is 28.1. The maximum atomic E-state index is 13.4. The van der Waals surface area contributed by atoms with E-state index in [9.17, 15) is 18.0 Å². The third-order valence-electron chi connectivity index (χ3n) is 6.38. The van der Waals surface area contributed by atoms with Gasteiger partial charge in [0.25, 0.3) is 0 Å². The summed E-state index contributed by atoms with van der Waals surface area (Å²) in [5, 5.41) is 3.01. The molecule has 8 nitrogen and oxygen atoms in total. The summed E-state index contributed by atoms with van der Waals surface area (Å²) in [6.45, 7) is 6.40. The molecule has 0 bridgehead atoms. The fraction of sp³-hybridized carbons (Fsp3) is 0.500. The van der Waals surface area contributed by atoms with Gasteiger partial charge in [0.1, 0.15) is 11.8 Å². The Labute approximate surface area is 222 Å². The van der Waals surface area contributed by atoms with E-state index >= 15 is 0 Å². The van der Waals surface area contributed by atoms with E-state index in [1.54, 1.807) is 36.3 Å². The zero-order valence-electron chi connectivity index (χ0n) is 22.6. The molecule has 0 saturated heterocycles. The van der Waals surface area contributed by atoms with Crippen molar-refractivity contribution in [2.75, 3.05) is 30.8 Å². The molecule has 204 valence electrons. The predicted molar refractivity (Wildman–Crippen MR) is 148 cm³/mol. The maximum Gasteiger partial charge on any atom is 0.243 e. The average molecular weight is 532 g/mol. The van der Waals surface area contributed by atoms with Crippen molar-refractivity contribution in [2.45, 2.75) is 65.0 Å². The zero-order valence-corrected chi connectivity index (χ0v) is 23.5. The van der Waals surface area contributed by atoms with Crippen LogP contribution in [-0.2, 0) is 26.0 Å². The Morgan fingerprint density at radius 2 is 1.62 bits per heavy atom. The Morgan fingerprint density at radius 3 is 2.16 bits per heavy atom. The van der Waals surface area contributed by atoms with Gasteiger partial charge in [0.2, 0.25) is 21.8 Å². The largest absolute Gasteiger partial charge is 0.497 e. The number of hydrogen-bond donors (Lipinski definition) is 1. The molecular weight excluding hydrogens is 490 g/mol. The maximum absolute atomic E-state index is 13.4. The van der Waals surface area contributed by atoms with Gasteiger partial charge in [0.05, 0.1) is 19.1 Å². The van der Waals surface area contributed by atoms with Gasteiger partial charge in [-0.05, 0) is 62.4 Å². The Morgan fingerprint density at radius 1 is 0.973 bits per heavy atom. The van der Waals surface area contributed by atoms with E-state index in [0.29, 0.717) is 37.2 Å². The van der Waals surface area contributed by atoms with Crippen molar-refractivity contribution < 1.29 is 22.7 Å². The number of ether oxygens (including phenoxy) is 1. The lowest BCUT2D eigenvalue weighted by atomic mass is 10.1. The lowest BCUT2D eigenvalue weighted by Gasteiger charge is -2.32. The minimum atomic E-state index is -3.55. The van der Waals surface area contributed by atoms with Crippen LogP contribution in [0, 0.1) is 0 Å². The van der Waals surface area contributed by atoms with Crippen LogP contribution in [-0.4, -0.2) is 63.7 Å². The van der Waals surface area contributed by atoms with Crippen molar-refractivity contribution in [1.82, 2.24) is 10.2 Å². The van der Waals surface area contributed by atoms with Crippen molar-refractivity contribution in [2.24, 2.45) is 0 Å². The summed E-state index contributed by atoms with van der Waals surface area (Å²) in [5.41, 5.74) is 1.59. The number of nitrogens with zero attached hydrogens (tertiary/aromatic N) is 2. The Balaban J connectivity index is 2.16. The van der Waals surface area contributed by atoms with Gasteiger partial charge in [-0.1, -0.05) is 44.2 Å². The second-order valence-electron chi connectivity index (χ2n) is 9.20. The molecule has 2 aromatic rings. The number of anilines is 1. The topological polar surface area (TPSA) is 96.0 Å². The molecule has 2 atom stereocenters. The highest BCUT2D eigenvalue weighted by atomic mass is 32.2. The highest BCUT2D eigenvalue weighted by molar-refractivity contribution is 7.92. The number of sulfonamides is 1. The third kappa shape index (κ3) is 9.39. The molecule has 1 N–H and O–H groups in total. The Hall–Kier alpha value is -3.07. The monoisotopic (exact) mass is 531 g/mol. The molecule has 9 heteroatoms. The second kappa shape index (κ2) is 14.6. The van der Waals surface area contributed by atoms with Gasteiger partial charge in [-0.2, -0.15) is 0 Å². The van der Waals surface area contributed by atoms with Gasteiger partial charge < -0.3 is 15.0 Å². The van der Waals surface area contributed by atoms with Crippen LogP contribution >= 0.6 is 0 Å². The number of benzene rings is 2. The summed E-state index contributed by atoms with van der Waals surface area (Å²) in [6.07, 6.45) is 3.52. The van der Waals surface area contributed by atoms with Gasteiger partial charge in [-0.25, -0.2) is 8.42 Å². The molecule has 0 aliphatic heterocycles. The van der Waals surface area contributed by atoms with E-state index in [1.807, 2.05) is 51.1 Å². The van der Waals surface area contributed by atoms with Crippen molar-refractivity contribution in [3.05, 3.63) is 60.2 Å². The molecule has 0 saturated carbocycles. The lowest BCUT2D eigenvalue weighted by molar-refractivity contribution is -0.141. The van der Waals surface area contributed by atoms with Crippen LogP contribution in [0.2, 0.25) is 0 Å². The average Bonchev–Trinajstić information content (AvgIpc) is 2.88. The fourth-order valence-corrected chi connectivity index (χ4v) is 5.05. The predicted octanol–water partition coefficient (Wildman–Crippen LogP) is 4.01. The van der Waals surface area contributed by atoms with Crippen LogP contribution in [0.15, 0.2) is 54.6 Å². The van der Waals surface area contributed by atoms with Crippen molar-refractivity contribution in [1.29, 1.82) is 0 Å². The molecule has 2 rings (SSSR count). The smallest absolute Gasteiger partial charge is 0.243 e. The molecule has 0 aliphatic rings. The number of rotatable bonds is 15. The van der Waals surface area contributed by atoms with Crippen LogP contribution in [0.1, 0.15) is 52.0 Å². The summed E-state index contributed by atoms with van der Waals surface area (Å²) in [6, 6.07) is 16.0. The SMILES string of the molecule is CCC(C)NC(=O)C(CC)N(CCc1ccccc1)C(=O)CCCN(c1ccc(OC)cc1)S(C)(=O)=O. The van der Waals surface area contributed by atoms with Crippen LogP contribution in [0.3, 0.4) is 0 Å². The Kier molecular flexibility index (Phi) is 11.9. The third-order valence-corrected chi connectivity index (χ3v) is 7.58. The van der Waals surface area contributed by atoms with Gasteiger partial charge in [0.15, 0.2) is 0 Å². The molecule has 37 heavy (non-hydrogen) atoms. The molecule has 2 amide bonds. The quantitative estimate of drug-likeness (QED) is 0.375. The molecule has 2 aromatic carbocycles. The first-order valence-corrected chi connectivity index (χ1v) is 14.7. The van der Waals surface area contributed by atoms with E-state index in [-0.39, 0.29) is 30.8 Å². The number of nitrogens with one attached hydrogen (secondary N) is 1. The summed E-state index contributed by atoms with van der Waals surface area (Å²) >= 11 is 0. The number of hydrogen-bond acceptors (Lipinski definition) is 5. The summed E-state index contributed by atoms with van der Waals surface area (Å²) in [5.74, 6) is 0.308. The Bertz CT molecular complexity index is 1090. The standard InChI is InChI=1S/C28H41N3O5S/c1-6-22(3)29-28(33)26(7-2)30(21-19-23-12-9-8-10-13-23)27(32)14-11-20-31(37(5,34)35)24-15-17-25(36-4)18-16-24/h8-10,12-13,15-18,22,26H,6-7,11,14,19-21H2,1-5H3,(H,29,33). The molecule has 0 spiro atoms. The molecule has 2 unspecified atom stereocenters. The van der Waals surface area contributed by atoms with E-state index in [0.717, 1.165) is 18.2 Å². The highest BCUT2D eigenvalue weighted by Crippen LogP contribution is 2.22. The first-order valence-electron chi connectivity index (χ1n) is 12.9. The first-order chi connectivity index (χ1) is 17.6. The van der Waals surface area contributed by atoms with E-state index < -0.39 is 16.1 Å². The van der Waals surface area contributed by atoms with Crippen molar-refractivity contribution in [3.8, 4) is 5.75 Å². The number of amides is 2. The van der Waals surface area contributed by atoms with Crippen LogP contribution in [0.4, 0.5) is 5.69 Å². The van der Waals surface area contributed by atoms with Crippen LogP contribution in [0.25, 0.3) is 0 Å². The van der Waals surface area contributed by atoms with Gasteiger partial charge >= 0.3 is 0 Å². The summed E-state index contributed by atoms with van der Waals surface area (Å²) < 4.78 is 31.4. The highest BCUT2D eigenvalue weighted by Gasteiger charge is 2.29. The van der Waals surface area contributed by atoms with E-state index in [2.05, 4.69) is 5.32 Å². The number of methoxy groups -OCH3 is 1. The van der Waals surface area contributed by atoms with Crippen molar-refractivity contribution >= 4 is 27.5 Å². The minimum absolute atomic E-state index is 0.0143. The van der Waals surface area contributed by atoms with Crippen LogP contribution in [0.5, 0.6) is 5.75 Å². The normalized spacial score (nSPS) is 12.9. The molecule has 0 aromatic heterocycles. The van der Waals surface area contributed by atoms with E-state index in [1.165, 1.54) is 4.31 Å². The molecular formula is C28H41N3O5S. The zero-order chi connectivity index (χ0) is 27.4. The second-order valence-corrected chi connectivity index (χ2v) is 11.1. The number of carbonyl (C=O) groups is 2. The number of carbonyl (C=O) groups excluding carboxylic acids is 2. The van der Waals surface area contributed by atoms with Gasteiger partial charge in [-0.3, -0.25) is 13.9 Å². The van der Waals surface area contributed by atoms with Crippen molar-refractivity contribution in [3.63, 3.8) is 0 Å². The molecule has 0 radical (unpaired) electrons. The van der Waals surface area contributed by atoms with Gasteiger partial charge in [0, 0.05) is 25.6 Å². The fourth-order valence-electron chi connectivity index (χ4n) is 4.09. The lowest BCUT2D eigenvalue weighted by Crippen LogP contribution is -2.51. The molecule has 0 heterocycles. The van der Waals surface area contributed by atoms with Crippen LogP contribution < -0.4 is 14.4 Å². The minimum Gasteiger partial charge on any atom is -0.497 e. The van der Waals surface area contributed by atoms with Gasteiger partial charge in [-0.15, -0.1) is 0 Å². The first kappa shape index (κ1) is 30.2. The summed E-state index contributed by atoms with van der Waals surface area (Å²) in [7, 11) is -2.00. The molecule has 0 fully saturated rings. The molecule has 0 aliphatic carbocycles.